The Hall–Kier alpha value is -3.55. The summed E-state index contributed by atoms with van der Waals surface area (Å²) in [5.74, 6) is -0.135. The first kappa shape index (κ1) is 21.3. The summed E-state index contributed by atoms with van der Waals surface area (Å²) in [6.07, 6.45) is 0. The van der Waals surface area contributed by atoms with Crippen LogP contribution in [0.25, 0.3) is 27.6 Å². The molecular weight excluding hydrogens is 456 g/mol. The summed E-state index contributed by atoms with van der Waals surface area (Å²) < 4.78 is 1.55. The van der Waals surface area contributed by atoms with Crippen molar-refractivity contribution in [1.82, 2.24) is 14.5 Å². The zero-order valence-electron chi connectivity index (χ0n) is 17.6. The number of benzene rings is 3. The number of carbonyl (C=O) groups is 1. The number of halogens is 1. The van der Waals surface area contributed by atoms with Crippen LogP contribution < -0.4 is 10.9 Å². The lowest BCUT2D eigenvalue weighted by Gasteiger charge is -2.12. The summed E-state index contributed by atoms with van der Waals surface area (Å²) in [7, 11) is 0. The molecule has 5 rings (SSSR count). The summed E-state index contributed by atoms with van der Waals surface area (Å²) >= 11 is 7.21. The van der Waals surface area contributed by atoms with Crippen LogP contribution in [0.4, 0.5) is 5.69 Å². The fourth-order valence-corrected chi connectivity index (χ4v) is 4.65. The Balaban J connectivity index is 1.56. The molecule has 0 bridgehead atoms. The minimum absolute atomic E-state index is 0.0820. The fourth-order valence-electron chi connectivity index (χ4n) is 3.65. The topological polar surface area (TPSA) is 79.8 Å². The number of anilines is 1. The van der Waals surface area contributed by atoms with Gasteiger partial charge in [0.25, 0.3) is 5.56 Å². The molecule has 0 unspecified atom stereocenters. The molecule has 2 heterocycles. The molecule has 0 aliphatic heterocycles. The number of H-pyrrole nitrogens is 1. The Morgan fingerprint density at radius 3 is 2.67 bits per heavy atom. The van der Waals surface area contributed by atoms with Crippen molar-refractivity contribution >= 4 is 56.9 Å². The smallest absolute Gasteiger partial charge is 0.283 e. The van der Waals surface area contributed by atoms with Gasteiger partial charge in [0, 0.05) is 21.6 Å². The molecule has 2 aromatic heterocycles. The lowest BCUT2D eigenvalue weighted by molar-refractivity contribution is -0.113. The lowest BCUT2D eigenvalue weighted by Crippen LogP contribution is -2.23. The van der Waals surface area contributed by atoms with Gasteiger partial charge in [-0.1, -0.05) is 65.3 Å². The van der Waals surface area contributed by atoms with Crippen molar-refractivity contribution < 1.29 is 4.79 Å². The number of thioether (sulfide) groups is 1. The largest absolute Gasteiger partial charge is 0.349 e. The van der Waals surface area contributed by atoms with Gasteiger partial charge >= 0.3 is 0 Å². The van der Waals surface area contributed by atoms with Gasteiger partial charge in [-0.05, 0) is 43.3 Å². The molecule has 3 aromatic carbocycles. The molecule has 33 heavy (non-hydrogen) atoms. The Labute approximate surface area is 198 Å². The van der Waals surface area contributed by atoms with E-state index < -0.39 is 0 Å². The molecule has 0 saturated carbocycles. The molecule has 2 N–H and O–H groups in total. The van der Waals surface area contributed by atoms with Crippen LogP contribution in [0.2, 0.25) is 5.02 Å². The van der Waals surface area contributed by atoms with E-state index in [-0.39, 0.29) is 17.2 Å². The Kier molecular flexibility index (Phi) is 5.66. The van der Waals surface area contributed by atoms with Crippen molar-refractivity contribution in [2.24, 2.45) is 0 Å². The van der Waals surface area contributed by atoms with Crippen LogP contribution in [0.3, 0.4) is 0 Å². The fraction of sp³-hybridized carbons (Fsp3) is 0.0800. The highest BCUT2D eigenvalue weighted by atomic mass is 35.5. The van der Waals surface area contributed by atoms with Gasteiger partial charge in [0.1, 0.15) is 11.0 Å². The van der Waals surface area contributed by atoms with Gasteiger partial charge in [0.05, 0.1) is 11.4 Å². The van der Waals surface area contributed by atoms with Crippen molar-refractivity contribution in [3.05, 3.63) is 93.7 Å². The summed E-state index contributed by atoms with van der Waals surface area (Å²) in [6, 6.07) is 22.3. The number of nitrogens with one attached hydrogen (secondary N) is 2. The van der Waals surface area contributed by atoms with Crippen LogP contribution in [-0.2, 0) is 4.79 Å². The van der Waals surface area contributed by atoms with E-state index in [0.717, 1.165) is 16.5 Å². The molecule has 0 aliphatic carbocycles. The average Bonchev–Trinajstić information content (AvgIpc) is 3.18. The van der Waals surface area contributed by atoms with E-state index in [2.05, 4.69) is 10.3 Å². The van der Waals surface area contributed by atoms with E-state index in [1.807, 2.05) is 55.5 Å². The van der Waals surface area contributed by atoms with E-state index in [4.69, 9.17) is 16.6 Å². The van der Waals surface area contributed by atoms with Crippen LogP contribution >= 0.6 is 23.4 Å². The predicted molar refractivity (Wildman–Crippen MR) is 135 cm³/mol. The van der Waals surface area contributed by atoms with E-state index in [9.17, 15) is 9.59 Å². The maximum atomic E-state index is 13.5. The van der Waals surface area contributed by atoms with Gasteiger partial charge in [0.2, 0.25) is 5.91 Å². The minimum Gasteiger partial charge on any atom is -0.349 e. The first-order chi connectivity index (χ1) is 16.0. The molecule has 1 amide bonds. The van der Waals surface area contributed by atoms with Crippen molar-refractivity contribution in [3.63, 3.8) is 0 Å². The van der Waals surface area contributed by atoms with E-state index in [1.54, 1.807) is 28.8 Å². The summed E-state index contributed by atoms with van der Waals surface area (Å²) in [4.78, 5) is 34.2. The number of aryl methyl sites for hydroxylation is 1. The van der Waals surface area contributed by atoms with E-state index in [1.165, 1.54) is 11.8 Å². The first-order valence-electron chi connectivity index (χ1n) is 10.3. The van der Waals surface area contributed by atoms with Gasteiger partial charge in [-0.25, -0.2) is 4.98 Å². The molecule has 8 heteroatoms. The zero-order chi connectivity index (χ0) is 22.9. The number of fused-ring (bicyclic) bond motifs is 3. The first-order valence-corrected chi connectivity index (χ1v) is 11.6. The molecule has 0 spiro atoms. The van der Waals surface area contributed by atoms with Gasteiger partial charge in [-0.2, -0.15) is 0 Å². The van der Waals surface area contributed by atoms with Crippen molar-refractivity contribution in [3.8, 4) is 5.69 Å². The maximum absolute atomic E-state index is 13.5. The summed E-state index contributed by atoms with van der Waals surface area (Å²) in [5, 5.41) is 4.69. The summed E-state index contributed by atoms with van der Waals surface area (Å²) in [6.45, 7) is 1.99. The third-order valence-electron chi connectivity index (χ3n) is 5.23. The van der Waals surface area contributed by atoms with Crippen LogP contribution in [0, 0.1) is 6.92 Å². The van der Waals surface area contributed by atoms with Crippen molar-refractivity contribution in [2.75, 3.05) is 11.1 Å². The number of amides is 1. The molecule has 0 atom stereocenters. The third kappa shape index (κ3) is 4.25. The standard InChI is InChI=1S/C25H19ClN4O2S/c1-15-9-11-18(12-10-15)30-24(32)23-22(19-7-2-3-8-20(19)28-23)29-25(30)33-14-21(31)27-17-6-4-5-16(26)13-17/h2-13,28H,14H2,1H3,(H,27,31). The monoisotopic (exact) mass is 474 g/mol. The highest BCUT2D eigenvalue weighted by molar-refractivity contribution is 7.99. The molecule has 5 aromatic rings. The number of aromatic amines is 1. The average molecular weight is 475 g/mol. The molecule has 0 fully saturated rings. The van der Waals surface area contributed by atoms with Gasteiger partial charge in [-0.15, -0.1) is 0 Å². The quantitative estimate of drug-likeness (QED) is 0.258. The molecule has 0 saturated heterocycles. The number of nitrogens with zero attached hydrogens (tertiary/aromatic N) is 2. The third-order valence-corrected chi connectivity index (χ3v) is 6.40. The highest BCUT2D eigenvalue weighted by Gasteiger charge is 2.18. The molecular formula is C25H19ClN4O2S. The molecule has 0 radical (unpaired) electrons. The SMILES string of the molecule is Cc1ccc(-n2c(SCC(=O)Nc3cccc(Cl)c3)nc3c([nH]c4ccccc43)c2=O)cc1. The van der Waals surface area contributed by atoms with Crippen molar-refractivity contribution in [1.29, 1.82) is 0 Å². The number of aromatic nitrogens is 3. The van der Waals surface area contributed by atoms with E-state index in [0.29, 0.717) is 32.6 Å². The Morgan fingerprint density at radius 2 is 1.88 bits per heavy atom. The second kappa shape index (κ2) is 8.77. The molecule has 6 nitrogen and oxygen atoms in total. The second-order valence-corrected chi connectivity index (χ2v) is 8.99. The lowest BCUT2D eigenvalue weighted by atomic mass is 10.2. The van der Waals surface area contributed by atoms with Crippen LogP contribution in [-0.4, -0.2) is 26.2 Å². The van der Waals surface area contributed by atoms with Crippen LogP contribution in [0.1, 0.15) is 5.56 Å². The van der Waals surface area contributed by atoms with Gasteiger partial charge in [0.15, 0.2) is 5.16 Å². The predicted octanol–water partition coefficient (Wildman–Crippen LogP) is 5.56. The maximum Gasteiger partial charge on any atom is 0.283 e. The molecule has 164 valence electrons. The van der Waals surface area contributed by atoms with Crippen molar-refractivity contribution in [2.45, 2.75) is 12.1 Å². The van der Waals surface area contributed by atoms with Gasteiger partial charge < -0.3 is 10.3 Å². The Morgan fingerprint density at radius 1 is 1.09 bits per heavy atom. The van der Waals surface area contributed by atoms with Crippen LogP contribution in [0.5, 0.6) is 0 Å². The highest BCUT2D eigenvalue weighted by Crippen LogP contribution is 2.26. The van der Waals surface area contributed by atoms with Crippen LogP contribution in [0.15, 0.2) is 82.7 Å². The normalized spacial score (nSPS) is 11.2. The Bertz CT molecular complexity index is 1560. The number of hydrogen-bond acceptors (Lipinski definition) is 4. The van der Waals surface area contributed by atoms with E-state index >= 15 is 0 Å². The summed E-state index contributed by atoms with van der Waals surface area (Å²) in [5.41, 5.74) is 4.05. The number of carbonyl (C=O) groups excluding carboxylic acids is 1. The zero-order valence-corrected chi connectivity index (χ0v) is 19.2. The van der Waals surface area contributed by atoms with Gasteiger partial charge in [-0.3, -0.25) is 14.2 Å². The number of rotatable bonds is 5. The second-order valence-electron chi connectivity index (χ2n) is 7.61. The molecule has 0 aliphatic rings. The number of hydrogen-bond donors (Lipinski definition) is 2. The number of para-hydroxylation sites is 1. The minimum atomic E-state index is -0.217.